The van der Waals surface area contributed by atoms with Gasteiger partial charge in [-0.05, 0) is 56.2 Å². The van der Waals surface area contributed by atoms with Crippen molar-refractivity contribution in [3.63, 3.8) is 0 Å². The maximum Gasteiger partial charge on any atom is 0.258 e. The van der Waals surface area contributed by atoms with Gasteiger partial charge in [-0.2, -0.15) is 4.98 Å². The number of carbonyl (C=O) groups is 1. The Kier molecular flexibility index (Phi) is 6.50. The second-order valence-corrected chi connectivity index (χ2v) is 11.9. The summed E-state index contributed by atoms with van der Waals surface area (Å²) in [5.41, 5.74) is 2.46. The summed E-state index contributed by atoms with van der Waals surface area (Å²) in [7, 11) is -3.71. The molecule has 3 heterocycles. The Morgan fingerprint density at radius 3 is 2.50 bits per heavy atom. The van der Waals surface area contributed by atoms with Crippen LogP contribution >= 0.6 is 0 Å². The molecule has 3 N–H and O–H groups in total. The van der Waals surface area contributed by atoms with E-state index in [0.29, 0.717) is 39.8 Å². The number of sulfonamides is 1. The second-order valence-electron chi connectivity index (χ2n) is 10.0. The average molecular weight is 519 g/mol. The van der Waals surface area contributed by atoms with Gasteiger partial charge in [0.05, 0.1) is 42.4 Å². The van der Waals surface area contributed by atoms with Crippen molar-refractivity contribution in [1.82, 2.24) is 9.97 Å². The number of aliphatic hydroxyl groups is 1. The Balaban J connectivity index is 1.40. The molecule has 1 amide bonds. The van der Waals surface area contributed by atoms with E-state index in [0.717, 1.165) is 25.9 Å². The highest BCUT2D eigenvalue weighted by Crippen LogP contribution is 2.54. The number of aromatic nitrogens is 2. The minimum atomic E-state index is -3.71. The van der Waals surface area contributed by atoms with E-state index in [2.05, 4.69) is 24.9 Å². The molecule has 1 aliphatic carbocycles. The van der Waals surface area contributed by atoms with E-state index in [9.17, 15) is 17.6 Å². The van der Waals surface area contributed by atoms with Crippen LogP contribution in [0.4, 0.5) is 27.5 Å². The molecule has 0 atom stereocenters. The monoisotopic (exact) mass is 518 g/mol. The first-order valence-electron chi connectivity index (χ1n) is 12.2. The predicted molar refractivity (Wildman–Crippen MR) is 136 cm³/mol. The van der Waals surface area contributed by atoms with Gasteiger partial charge in [0, 0.05) is 24.8 Å². The number of nitrogens with one attached hydrogen (secondary N) is 2. The molecule has 0 unspecified atom stereocenters. The van der Waals surface area contributed by atoms with Crippen LogP contribution < -0.4 is 19.8 Å². The van der Waals surface area contributed by atoms with E-state index >= 15 is 0 Å². The van der Waals surface area contributed by atoms with Crippen molar-refractivity contribution >= 4 is 39.1 Å². The Hall–Kier alpha value is -2.99. The molecular weight excluding hydrogens is 487 g/mol. The van der Waals surface area contributed by atoms with Crippen LogP contribution in [0.5, 0.6) is 0 Å². The van der Waals surface area contributed by atoms with Crippen molar-refractivity contribution in [2.24, 2.45) is 5.41 Å². The summed E-state index contributed by atoms with van der Waals surface area (Å²) in [5.74, 6) is -0.0952. The fourth-order valence-electron chi connectivity index (χ4n) is 4.83. The third kappa shape index (κ3) is 5.39. The Morgan fingerprint density at radius 1 is 1.14 bits per heavy atom. The molecule has 36 heavy (non-hydrogen) atoms. The van der Waals surface area contributed by atoms with Crippen molar-refractivity contribution in [2.75, 3.05) is 58.4 Å². The number of nitrogens with zero attached hydrogens (tertiary/aromatic N) is 4. The number of hydrogen-bond acceptors (Lipinski definition) is 8. The lowest BCUT2D eigenvalue weighted by atomic mass is 9.93. The first-order chi connectivity index (χ1) is 17.2. The van der Waals surface area contributed by atoms with Crippen molar-refractivity contribution in [2.45, 2.75) is 38.8 Å². The molecule has 1 saturated carbocycles. The number of carbonyl (C=O) groups excluding carboxylic acids is 1. The quantitative estimate of drug-likeness (QED) is 0.486. The number of halogens is 1. The zero-order valence-electron chi connectivity index (χ0n) is 20.2. The summed E-state index contributed by atoms with van der Waals surface area (Å²) in [4.78, 5) is 26.0. The number of hydrogen-bond donors (Lipinski definition) is 3. The molecule has 3 fully saturated rings. The summed E-state index contributed by atoms with van der Waals surface area (Å²) < 4.78 is 40.2. The number of anilines is 4. The molecule has 12 heteroatoms. The van der Waals surface area contributed by atoms with Crippen LogP contribution in [-0.2, 0) is 10.0 Å². The van der Waals surface area contributed by atoms with Crippen LogP contribution in [0.15, 0.2) is 24.3 Å². The number of piperidine rings is 1. The fraction of sp³-hybridized carbons (Fsp3) is 0.542. The van der Waals surface area contributed by atoms with E-state index in [1.165, 1.54) is 18.9 Å². The molecule has 10 nitrogen and oxygen atoms in total. The van der Waals surface area contributed by atoms with E-state index in [4.69, 9.17) is 5.11 Å². The third-order valence-electron chi connectivity index (χ3n) is 7.20. The summed E-state index contributed by atoms with van der Waals surface area (Å²) in [6, 6.07) is 6.47. The van der Waals surface area contributed by atoms with Gasteiger partial charge in [0.25, 0.3) is 5.91 Å². The molecule has 1 spiro atoms. The maximum atomic E-state index is 13.4. The Morgan fingerprint density at radius 2 is 1.86 bits per heavy atom. The normalized spacial score (nSPS) is 19.2. The minimum absolute atomic E-state index is 0.227. The third-order valence-corrected chi connectivity index (χ3v) is 8.47. The van der Waals surface area contributed by atoms with Crippen molar-refractivity contribution < 1.29 is 22.7 Å². The molecule has 2 aliphatic heterocycles. The Labute approximate surface area is 210 Å². The molecule has 194 valence electrons. The first kappa shape index (κ1) is 24.7. The summed E-state index contributed by atoms with van der Waals surface area (Å²) in [6.45, 7) is 3.32. The second kappa shape index (κ2) is 9.47. The summed E-state index contributed by atoms with van der Waals surface area (Å²) >= 11 is 0. The van der Waals surface area contributed by atoms with Gasteiger partial charge in [0.15, 0.2) is 0 Å². The first-order valence-corrected chi connectivity index (χ1v) is 13.9. The van der Waals surface area contributed by atoms with Gasteiger partial charge in [-0.25, -0.2) is 17.8 Å². The lowest BCUT2D eigenvalue weighted by Crippen LogP contribution is -2.49. The van der Waals surface area contributed by atoms with Crippen LogP contribution in [0.25, 0.3) is 0 Å². The van der Waals surface area contributed by atoms with Crippen LogP contribution in [0.2, 0.25) is 0 Å². The highest BCUT2D eigenvalue weighted by molar-refractivity contribution is 7.92. The average Bonchev–Trinajstić information content (AvgIpc) is 3.55. The standard InChI is InChI=1S/C24H31FN6O4S/c1-16-12-21(28-23(26-16)31-14-17(25)15-31)27-22(33)19-3-2-18(29-36(34,35)11-10-32)13-20(19)30-8-6-24(4-5-24)7-9-30/h2-3,12-13,17,29,32H,4-11,14-15H2,1H3,(H,26,27,28,33). The fourth-order valence-corrected chi connectivity index (χ4v) is 5.66. The van der Waals surface area contributed by atoms with Gasteiger partial charge < -0.3 is 20.2 Å². The molecule has 1 aromatic carbocycles. The molecule has 2 aromatic rings. The Bertz CT molecular complexity index is 1250. The molecular formula is C24H31FN6O4S. The van der Waals surface area contributed by atoms with Crippen LogP contribution in [0.3, 0.4) is 0 Å². The molecule has 1 aromatic heterocycles. The van der Waals surface area contributed by atoms with Crippen molar-refractivity contribution in [3.8, 4) is 0 Å². The zero-order valence-corrected chi connectivity index (χ0v) is 21.0. The maximum absolute atomic E-state index is 13.4. The zero-order chi connectivity index (χ0) is 25.5. The summed E-state index contributed by atoms with van der Waals surface area (Å²) in [6.07, 6.45) is 3.65. The molecule has 3 aliphatic rings. The van der Waals surface area contributed by atoms with Crippen LogP contribution in [0.1, 0.15) is 41.7 Å². The molecule has 0 radical (unpaired) electrons. The number of benzene rings is 1. The van der Waals surface area contributed by atoms with Gasteiger partial charge in [0.2, 0.25) is 16.0 Å². The van der Waals surface area contributed by atoms with Crippen LogP contribution in [0, 0.1) is 12.3 Å². The number of aliphatic hydroxyl groups excluding tert-OH is 1. The highest BCUT2D eigenvalue weighted by Gasteiger charge is 2.44. The number of amides is 1. The van der Waals surface area contributed by atoms with Gasteiger partial charge >= 0.3 is 0 Å². The van der Waals surface area contributed by atoms with Crippen LogP contribution in [-0.4, -0.2) is 74.1 Å². The number of alkyl halides is 1. The topological polar surface area (TPSA) is 128 Å². The van der Waals surface area contributed by atoms with Gasteiger partial charge in [0.1, 0.15) is 12.0 Å². The van der Waals surface area contributed by atoms with E-state index < -0.39 is 28.6 Å². The number of aryl methyl sites for hydroxylation is 1. The van der Waals surface area contributed by atoms with Crippen molar-refractivity contribution in [3.05, 3.63) is 35.5 Å². The minimum Gasteiger partial charge on any atom is -0.395 e. The van der Waals surface area contributed by atoms with Gasteiger partial charge in [-0.1, -0.05) is 0 Å². The molecule has 0 bridgehead atoms. The molecule has 2 saturated heterocycles. The molecule has 5 rings (SSSR count). The van der Waals surface area contributed by atoms with Gasteiger partial charge in [-0.3, -0.25) is 9.52 Å². The smallest absolute Gasteiger partial charge is 0.258 e. The summed E-state index contributed by atoms with van der Waals surface area (Å²) in [5, 5.41) is 11.9. The SMILES string of the molecule is Cc1cc(NC(=O)c2ccc(NS(=O)(=O)CCO)cc2N2CCC3(CC2)CC3)nc(N2CC(F)C2)n1. The van der Waals surface area contributed by atoms with Crippen molar-refractivity contribution in [1.29, 1.82) is 0 Å². The highest BCUT2D eigenvalue weighted by atomic mass is 32.2. The van der Waals surface area contributed by atoms with E-state index in [-0.39, 0.29) is 19.0 Å². The number of rotatable bonds is 8. The lowest BCUT2D eigenvalue weighted by Gasteiger charge is -2.35. The predicted octanol–water partition coefficient (Wildman–Crippen LogP) is 2.31. The van der Waals surface area contributed by atoms with E-state index in [1.807, 2.05) is 0 Å². The largest absolute Gasteiger partial charge is 0.395 e. The lowest BCUT2D eigenvalue weighted by molar-refractivity contribution is 0.102. The van der Waals surface area contributed by atoms with E-state index in [1.54, 1.807) is 30.0 Å². The van der Waals surface area contributed by atoms with Gasteiger partial charge in [-0.15, -0.1) is 0 Å².